The number of hydrogen-bond acceptors (Lipinski definition) is 5. The zero-order chi connectivity index (χ0) is 15.0. The Labute approximate surface area is 124 Å². The minimum Gasteiger partial charge on any atom is -0.381 e. The van der Waals surface area contributed by atoms with Gasteiger partial charge < -0.3 is 5.73 Å². The standard InChI is InChI=1S/C12H11FN4O2S2/c13-9-4-2-1-3-8(9)7-15-21(18,19)11-10(14)16-12-17(11)5-6-20-12/h1-6,15H,7,14H2. The number of nitrogens with zero attached hydrogens (tertiary/aromatic N) is 2. The second kappa shape index (κ2) is 5.10. The van der Waals surface area contributed by atoms with E-state index in [1.807, 2.05) is 0 Å². The molecule has 0 fully saturated rings. The molecule has 0 spiro atoms. The first-order chi connectivity index (χ1) is 9.99. The number of sulfonamides is 1. The number of aromatic nitrogens is 2. The molecule has 3 rings (SSSR count). The number of rotatable bonds is 4. The van der Waals surface area contributed by atoms with Crippen molar-refractivity contribution in [1.29, 1.82) is 0 Å². The Morgan fingerprint density at radius 3 is 2.90 bits per heavy atom. The number of nitrogen functional groups attached to an aromatic ring is 1. The summed E-state index contributed by atoms with van der Waals surface area (Å²) in [6.45, 7) is -0.161. The molecule has 110 valence electrons. The van der Waals surface area contributed by atoms with E-state index in [2.05, 4.69) is 9.71 Å². The summed E-state index contributed by atoms with van der Waals surface area (Å²) < 4.78 is 41.9. The lowest BCUT2D eigenvalue weighted by Gasteiger charge is -2.07. The summed E-state index contributed by atoms with van der Waals surface area (Å²) in [4.78, 5) is 4.46. The van der Waals surface area contributed by atoms with E-state index in [0.29, 0.717) is 4.96 Å². The summed E-state index contributed by atoms with van der Waals surface area (Å²) >= 11 is 1.27. The van der Waals surface area contributed by atoms with Gasteiger partial charge in [-0.2, -0.15) is 0 Å². The zero-order valence-electron chi connectivity index (χ0n) is 10.7. The van der Waals surface area contributed by atoms with E-state index in [4.69, 9.17) is 5.73 Å². The molecule has 2 heterocycles. The fraction of sp³-hybridized carbons (Fsp3) is 0.0833. The second-order valence-corrected chi connectivity index (χ2v) is 6.83. The first-order valence-corrected chi connectivity index (χ1v) is 8.29. The van der Waals surface area contributed by atoms with Gasteiger partial charge in [-0.3, -0.25) is 4.40 Å². The Hall–Kier alpha value is -1.97. The molecule has 6 nitrogen and oxygen atoms in total. The fourth-order valence-corrected chi connectivity index (χ4v) is 3.92. The highest BCUT2D eigenvalue weighted by atomic mass is 32.2. The molecule has 0 atom stereocenters. The number of fused-ring (bicyclic) bond motifs is 1. The van der Waals surface area contributed by atoms with Crippen molar-refractivity contribution in [3.63, 3.8) is 0 Å². The van der Waals surface area contributed by atoms with Gasteiger partial charge in [-0.05, 0) is 6.07 Å². The molecule has 0 amide bonds. The highest BCUT2D eigenvalue weighted by Gasteiger charge is 2.24. The van der Waals surface area contributed by atoms with Gasteiger partial charge in [0.15, 0.2) is 15.8 Å². The van der Waals surface area contributed by atoms with Crippen molar-refractivity contribution in [2.75, 3.05) is 5.73 Å². The maximum atomic E-state index is 13.5. The first kappa shape index (κ1) is 14.0. The van der Waals surface area contributed by atoms with Crippen LogP contribution in [-0.2, 0) is 16.6 Å². The van der Waals surface area contributed by atoms with Gasteiger partial charge in [-0.15, -0.1) is 11.3 Å². The Morgan fingerprint density at radius 1 is 1.38 bits per heavy atom. The van der Waals surface area contributed by atoms with Crippen LogP contribution < -0.4 is 10.5 Å². The summed E-state index contributed by atoms with van der Waals surface area (Å²) in [5.41, 5.74) is 5.92. The molecule has 0 saturated heterocycles. The van der Waals surface area contributed by atoms with E-state index < -0.39 is 15.8 Å². The van der Waals surface area contributed by atoms with Crippen LogP contribution in [0.2, 0.25) is 0 Å². The van der Waals surface area contributed by atoms with Crippen LogP contribution in [-0.4, -0.2) is 17.8 Å². The molecule has 0 radical (unpaired) electrons. The average molecular weight is 326 g/mol. The van der Waals surface area contributed by atoms with Crippen LogP contribution in [0.4, 0.5) is 10.2 Å². The van der Waals surface area contributed by atoms with E-state index in [-0.39, 0.29) is 23.0 Å². The smallest absolute Gasteiger partial charge is 0.260 e. The monoisotopic (exact) mass is 326 g/mol. The van der Waals surface area contributed by atoms with Crippen molar-refractivity contribution in [2.24, 2.45) is 0 Å². The Kier molecular flexibility index (Phi) is 3.40. The number of nitrogens with one attached hydrogen (secondary N) is 1. The predicted octanol–water partition coefficient (Wildman–Crippen LogP) is 1.60. The van der Waals surface area contributed by atoms with Gasteiger partial charge in [-0.25, -0.2) is 22.5 Å². The molecule has 0 aliphatic rings. The van der Waals surface area contributed by atoms with Crippen molar-refractivity contribution in [2.45, 2.75) is 11.6 Å². The van der Waals surface area contributed by atoms with Gasteiger partial charge in [0, 0.05) is 23.7 Å². The highest BCUT2D eigenvalue weighted by Crippen LogP contribution is 2.23. The minimum absolute atomic E-state index is 0.0807. The Balaban J connectivity index is 1.93. The summed E-state index contributed by atoms with van der Waals surface area (Å²) in [6.07, 6.45) is 1.57. The third-order valence-electron chi connectivity index (χ3n) is 2.91. The first-order valence-electron chi connectivity index (χ1n) is 5.93. The van der Waals surface area contributed by atoms with Gasteiger partial charge in [0.2, 0.25) is 0 Å². The summed E-state index contributed by atoms with van der Waals surface area (Å²) in [5, 5.41) is 1.58. The van der Waals surface area contributed by atoms with Crippen LogP contribution in [0.15, 0.2) is 40.9 Å². The van der Waals surface area contributed by atoms with Crippen molar-refractivity contribution in [3.05, 3.63) is 47.2 Å². The lowest BCUT2D eigenvalue weighted by molar-refractivity contribution is 0.570. The lowest BCUT2D eigenvalue weighted by atomic mass is 10.2. The van der Waals surface area contributed by atoms with Crippen molar-refractivity contribution >= 4 is 32.1 Å². The minimum atomic E-state index is -3.89. The molecule has 1 aromatic carbocycles. The summed E-state index contributed by atoms with van der Waals surface area (Å²) in [6, 6.07) is 5.96. The third kappa shape index (κ3) is 2.50. The van der Waals surface area contributed by atoms with E-state index in [0.717, 1.165) is 0 Å². The summed E-state index contributed by atoms with van der Waals surface area (Å²) in [5.74, 6) is -0.551. The Morgan fingerprint density at radius 2 is 2.14 bits per heavy atom. The molecule has 0 bridgehead atoms. The number of benzene rings is 1. The van der Waals surface area contributed by atoms with Crippen LogP contribution in [0.25, 0.3) is 4.96 Å². The molecule has 0 aliphatic carbocycles. The largest absolute Gasteiger partial charge is 0.381 e. The molecule has 2 aromatic heterocycles. The fourth-order valence-electron chi connectivity index (χ4n) is 1.93. The number of imidazole rings is 1. The predicted molar refractivity (Wildman–Crippen MR) is 77.9 cm³/mol. The van der Waals surface area contributed by atoms with Gasteiger partial charge in [-0.1, -0.05) is 18.2 Å². The molecule has 21 heavy (non-hydrogen) atoms. The van der Waals surface area contributed by atoms with Gasteiger partial charge in [0.05, 0.1) is 0 Å². The molecular weight excluding hydrogens is 315 g/mol. The van der Waals surface area contributed by atoms with Crippen LogP contribution in [0.5, 0.6) is 0 Å². The number of hydrogen-bond donors (Lipinski definition) is 2. The molecule has 0 unspecified atom stereocenters. The number of anilines is 1. The highest BCUT2D eigenvalue weighted by molar-refractivity contribution is 7.89. The zero-order valence-corrected chi connectivity index (χ0v) is 12.3. The Bertz CT molecular complexity index is 901. The van der Waals surface area contributed by atoms with E-state index in [1.165, 1.54) is 33.9 Å². The van der Waals surface area contributed by atoms with Crippen LogP contribution in [0.1, 0.15) is 5.56 Å². The maximum absolute atomic E-state index is 13.5. The van der Waals surface area contributed by atoms with Gasteiger partial charge in [0.25, 0.3) is 10.0 Å². The normalized spacial score (nSPS) is 12.0. The van der Waals surface area contributed by atoms with Crippen LogP contribution in [0, 0.1) is 5.82 Å². The second-order valence-electron chi connectivity index (χ2n) is 4.27. The number of nitrogens with two attached hydrogens (primary N) is 1. The molecule has 0 saturated carbocycles. The molecule has 0 aliphatic heterocycles. The van der Waals surface area contributed by atoms with E-state index >= 15 is 0 Å². The SMILES string of the molecule is Nc1nc2sccn2c1S(=O)(=O)NCc1ccccc1F. The van der Waals surface area contributed by atoms with E-state index in [9.17, 15) is 12.8 Å². The third-order valence-corrected chi connectivity index (χ3v) is 5.10. The van der Waals surface area contributed by atoms with Crippen molar-refractivity contribution < 1.29 is 12.8 Å². The molecular formula is C12H11FN4O2S2. The van der Waals surface area contributed by atoms with Gasteiger partial charge >= 0.3 is 0 Å². The number of thiazole rings is 1. The lowest BCUT2D eigenvalue weighted by Crippen LogP contribution is -2.25. The van der Waals surface area contributed by atoms with Crippen molar-refractivity contribution in [3.8, 4) is 0 Å². The van der Waals surface area contributed by atoms with E-state index in [1.54, 1.807) is 17.6 Å². The molecule has 9 heteroatoms. The van der Waals surface area contributed by atoms with Crippen LogP contribution >= 0.6 is 11.3 Å². The molecule has 3 N–H and O–H groups in total. The van der Waals surface area contributed by atoms with Gasteiger partial charge in [0.1, 0.15) is 5.82 Å². The molecule has 3 aromatic rings. The maximum Gasteiger partial charge on any atom is 0.260 e. The topological polar surface area (TPSA) is 89.5 Å². The van der Waals surface area contributed by atoms with Crippen molar-refractivity contribution in [1.82, 2.24) is 14.1 Å². The quantitative estimate of drug-likeness (QED) is 0.762. The summed E-state index contributed by atoms with van der Waals surface area (Å²) in [7, 11) is -3.89. The van der Waals surface area contributed by atoms with Crippen LogP contribution in [0.3, 0.4) is 0 Å². The number of halogens is 1. The average Bonchev–Trinajstić information content (AvgIpc) is 2.97.